The average molecular weight is 286 g/mol. The minimum absolute atomic E-state index is 0.136. The van der Waals surface area contributed by atoms with Gasteiger partial charge in [0.2, 0.25) is 5.91 Å². The van der Waals surface area contributed by atoms with Crippen molar-refractivity contribution in [3.8, 4) is 0 Å². The Labute approximate surface area is 124 Å². The highest BCUT2D eigenvalue weighted by molar-refractivity contribution is 5.93. The van der Waals surface area contributed by atoms with Gasteiger partial charge >= 0.3 is 0 Å². The first kappa shape index (κ1) is 15.0. The molecule has 0 aromatic heterocycles. The Balaban J connectivity index is 1.89. The number of benzene rings is 2. The van der Waals surface area contributed by atoms with E-state index in [2.05, 4.69) is 17.6 Å². The van der Waals surface area contributed by atoms with E-state index in [1.54, 1.807) is 13.0 Å². The van der Waals surface area contributed by atoms with Gasteiger partial charge in [-0.15, -0.1) is 0 Å². The highest BCUT2D eigenvalue weighted by Crippen LogP contribution is 2.15. The zero-order valence-electron chi connectivity index (χ0n) is 12.2. The van der Waals surface area contributed by atoms with Crippen molar-refractivity contribution in [2.24, 2.45) is 0 Å². The lowest BCUT2D eigenvalue weighted by Gasteiger charge is -2.10. The van der Waals surface area contributed by atoms with Crippen LogP contribution in [0, 0.1) is 12.7 Å². The molecule has 0 fully saturated rings. The largest absolute Gasteiger partial charge is 0.376 e. The Morgan fingerprint density at radius 2 is 1.86 bits per heavy atom. The van der Waals surface area contributed by atoms with E-state index < -0.39 is 0 Å². The molecular weight excluding hydrogens is 267 g/mol. The molecule has 0 spiro atoms. The van der Waals surface area contributed by atoms with E-state index in [1.165, 1.54) is 17.7 Å². The Kier molecular flexibility index (Phi) is 4.93. The number of amides is 1. The second-order valence-electron chi connectivity index (χ2n) is 4.91. The molecule has 0 aliphatic heterocycles. The summed E-state index contributed by atoms with van der Waals surface area (Å²) in [5.74, 6) is -0.415. The second kappa shape index (κ2) is 6.88. The standard InChI is InChI=1S/C17H19FN2O/c1-3-13-4-7-15(8-5-13)20-17(21)11-19-16-9-6-14(18)10-12(16)2/h4-10,19H,3,11H2,1-2H3,(H,20,21). The van der Waals surface area contributed by atoms with Crippen LogP contribution in [-0.4, -0.2) is 12.5 Å². The SMILES string of the molecule is CCc1ccc(NC(=O)CNc2ccc(F)cc2C)cc1. The van der Waals surface area contributed by atoms with Crippen LogP contribution < -0.4 is 10.6 Å². The van der Waals surface area contributed by atoms with Crippen molar-refractivity contribution >= 4 is 17.3 Å². The number of hydrogen-bond acceptors (Lipinski definition) is 2. The quantitative estimate of drug-likeness (QED) is 0.879. The van der Waals surface area contributed by atoms with Gasteiger partial charge in [-0.3, -0.25) is 4.79 Å². The first-order chi connectivity index (χ1) is 10.1. The third-order valence-electron chi connectivity index (χ3n) is 3.27. The van der Waals surface area contributed by atoms with Gasteiger partial charge in [-0.1, -0.05) is 19.1 Å². The fourth-order valence-electron chi connectivity index (χ4n) is 2.03. The van der Waals surface area contributed by atoms with E-state index in [4.69, 9.17) is 0 Å². The van der Waals surface area contributed by atoms with Crippen LogP contribution in [0.4, 0.5) is 15.8 Å². The van der Waals surface area contributed by atoms with Gasteiger partial charge in [0, 0.05) is 11.4 Å². The van der Waals surface area contributed by atoms with Gasteiger partial charge in [-0.25, -0.2) is 4.39 Å². The van der Waals surface area contributed by atoms with E-state index in [1.807, 2.05) is 24.3 Å². The molecule has 0 bridgehead atoms. The van der Waals surface area contributed by atoms with Gasteiger partial charge in [-0.2, -0.15) is 0 Å². The van der Waals surface area contributed by atoms with Crippen LogP contribution in [0.3, 0.4) is 0 Å². The second-order valence-corrected chi connectivity index (χ2v) is 4.91. The molecule has 2 rings (SSSR count). The molecule has 0 atom stereocenters. The molecule has 21 heavy (non-hydrogen) atoms. The highest BCUT2D eigenvalue weighted by Gasteiger charge is 2.04. The predicted octanol–water partition coefficient (Wildman–Crippen LogP) is 3.75. The Morgan fingerprint density at radius 3 is 2.48 bits per heavy atom. The molecule has 2 aromatic rings. The maximum absolute atomic E-state index is 13.0. The molecule has 110 valence electrons. The minimum atomic E-state index is -0.279. The molecular formula is C17H19FN2O. The summed E-state index contributed by atoms with van der Waals surface area (Å²) in [6, 6.07) is 12.2. The van der Waals surface area contributed by atoms with Gasteiger partial charge in [0.15, 0.2) is 0 Å². The highest BCUT2D eigenvalue weighted by atomic mass is 19.1. The average Bonchev–Trinajstić information content (AvgIpc) is 2.47. The summed E-state index contributed by atoms with van der Waals surface area (Å²) in [6.45, 7) is 4.03. The normalized spacial score (nSPS) is 10.2. The molecule has 2 aromatic carbocycles. The molecule has 0 saturated carbocycles. The lowest BCUT2D eigenvalue weighted by molar-refractivity contribution is -0.114. The monoisotopic (exact) mass is 286 g/mol. The third kappa shape index (κ3) is 4.31. The Bertz CT molecular complexity index is 623. The first-order valence-corrected chi connectivity index (χ1v) is 6.97. The van der Waals surface area contributed by atoms with Crippen molar-refractivity contribution in [2.45, 2.75) is 20.3 Å². The van der Waals surface area contributed by atoms with Gasteiger partial charge < -0.3 is 10.6 Å². The van der Waals surface area contributed by atoms with Gasteiger partial charge in [0.05, 0.1) is 6.54 Å². The van der Waals surface area contributed by atoms with Crippen molar-refractivity contribution < 1.29 is 9.18 Å². The Morgan fingerprint density at radius 1 is 1.14 bits per heavy atom. The van der Waals surface area contributed by atoms with Crippen molar-refractivity contribution in [3.05, 3.63) is 59.4 Å². The lowest BCUT2D eigenvalue weighted by Crippen LogP contribution is -2.22. The smallest absolute Gasteiger partial charge is 0.243 e. The molecule has 0 heterocycles. The van der Waals surface area contributed by atoms with Crippen molar-refractivity contribution in [2.75, 3.05) is 17.2 Å². The van der Waals surface area contributed by atoms with E-state index >= 15 is 0 Å². The van der Waals surface area contributed by atoms with Gasteiger partial charge in [0.1, 0.15) is 5.82 Å². The topological polar surface area (TPSA) is 41.1 Å². The van der Waals surface area contributed by atoms with Crippen LogP contribution in [0.25, 0.3) is 0 Å². The minimum Gasteiger partial charge on any atom is -0.376 e. The molecule has 3 nitrogen and oxygen atoms in total. The summed E-state index contributed by atoms with van der Waals surface area (Å²) < 4.78 is 13.0. The third-order valence-corrected chi connectivity index (χ3v) is 3.27. The van der Waals surface area contributed by atoms with Crippen molar-refractivity contribution in [3.63, 3.8) is 0 Å². The van der Waals surface area contributed by atoms with Crippen molar-refractivity contribution in [1.82, 2.24) is 0 Å². The summed E-state index contributed by atoms with van der Waals surface area (Å²) in [5.41, 5.74) is 3.53. The number of carbonyl (C=O) groups is 1. The lowest BCUT2D eigenvalue weighted by atomic mass is 10.1. The fourth-order valence-corrected chi connectivity index (χ4v) is 2.03. The van der Waals surface area contributed by atoms with E-state index in [0.717, 1.165) is 23.4 Å². The van der Waals surface area contributed by atoms with E-state index in [-0.39, 0.29) is 18.3 Å². The molecule has 0 radical (unpaired) electrons. The van der Waals surface area contributed by atoms with Crippen LogP contribution in [0.1, 0.15) is 18.1 Å². The Hall–Kier alpha value is -2.36. The maximum Gasteiger partial charge on any atom is 0.243 e. The zero-order valence-corrected chi connectivity index (χ0v) is 12.2. The number of aryl methyl sites for hydroxylation is 2. The van der Waals surface area contributed by atoms with Crippen molar-refractivity contribution in [1.29, 1.82) is 0 Å². The summed E-state index contributed by atoms with van der Waals surface area (Å²) in [4.78, 5) is 11.9. The summed E-state index contributed by atoms with van der Waals surface area (Å²) in [6.07, 6.45) is 0.972. The number of nitrogens with one attached hydrogen (secondary N) is 2. The van der Waals surface area contributed by atoms with E-state index in [0.29, 0.717) is 0 Å². The molecule has 4 heteroatoms. The van der Waals surface area contributed by atoms with Crippen LogP contribution in [-0.2, 0) is 11.2 Å². The number of rotatable bonds is 5. The molecule has 0 unspecified atom stereocenters. The van der Waals surface area contributed by atoms with Crippen LogP contribution in [0.2, 0.25) is 0 Å². The zero-order chi connectivity index (χ0) is 15.2. The number of hydrogen-bond donors (Lipinski definition) is 2. The van der Waals surface area contributed by atoms with Crippen LogP contribution >= 0.6 is 0 Å². The van der Waals surface area contributed by atoms with Crippen LogP contribution in [0.15, 0.2) is 42.5 Å². The molecule has 1 amide bonds. The number of halogens is 1. The van der Waals surface area contributed by atoms with Gasteiger partial charge in [0.25, 0.3) is 0 Å². The molecule has 0 aliphatic carbocycles. The molecule has 0 aliphatic rings. The number of anilines is 2. The maximum atomic E-state index is 13.0. The van der Waals surface area contributed by atoms with E-state index in [9.17, 15) is 9.18 Å². The summed E-state index contributed by atoms with van der Waals surface area (Å²) in [7, 11) is 0. The predicted molar refractivity (Wildman–Crippen MR) is 84.1 cm³/mol. The van der Waals surface area contributed by atoms with Crippen LogP contribution in [0.5, 0.6) is 0 Å². The first-order valence-electron chi connectivity index (χ1n) is 6.97. The fraction of sp³-hybridized carbons (Fsp3) is 0.235. The number of carbonyl (C=O) groups excluding carboxylic acids is 1. The van der Waals surface area contributed by atoms with Gasteiger partial charge in [-0.05, 0) is 54.8 Å². The molecule has 2 N–H and O–H groups in total. The molecule has 0 saturated heterocycles. The summed E-state index contributed by atoms with van der Waals surface area (Å²) in [5, 5.41) is 5.82. The summed E-state index contributed by atoms with van der Waals surface area (Å²) >= 11 is 0.